The minimum absolute atomic E-state index is 1.17. The Kier molecular flexibility index (Phi) is 11.3. The first-order valence-corrected chi connectivity index (χ1v) is 10.2. The molecule has 0 unspecified atom stereocenters. The lowest BCUT2D eigenvalue weighted by molar-refractivity contribution is 0.629. The molecule has 0 aromatic heterocycles. The molecule has 0 heterocycles. The summed E-state index contributed by atoms with van der Waals surface area (Å²) >= 11 is 0. The van der Waals surface area contributed by atoms with E-state index < -0.39 is 0 Å². The fourth-order valence-electron chi connectivity index (χ4n) is 3.38. The van der Waals surface area contributed by atoms with Crippen molar-refractivity contribution in [3.8, 4) is 0 Å². The zero-order chi connectivity index (χ0) is 17.6. The van der Waals surface area contributed by atoms with Crippen molar-refractivity contribution in [1.29, 1.82) is 0 Å². The first-order chi connectivity index (χ1) is 11.8. The summed E-state index contributed by atoms with van der Waals surface area (Å²) in [4.78, 5) is 0. The third kappa shape index (κ3) is 7.51. The van der Waals surface area contributed by atoms with Gasteiger partial charge in [-0.1, -0.05) is 103 Å². The molecule has 0 atom stereocenters. The van der Waals surface area contributed by atoms with Crippen LogP contribution in [0.3, 0.4) is 0 Å². The van der Waals surface area contributed by atoms with Crippen molar-refractivity contribution in [3.63, 3.8) is 0 Å². The number of hydrogen-bond acceptors (Lipinski definition) is 0. The molecule has 0 nitrogen and oxygen atoms in total. The maximum Gasteiger partial charge on any atom is -0.0227 e. The largest absolute Gasteiger partial charge is 0.0985 e. The first-order valence-electron chi connectivity index (χ1n) is 10.2. The highest BCUT2D eigenvalue weighted by Crippen LogP contribution is 2.23. The number of hydrogen-bond donors (Lipinski definition) is 0. The third-order valence-corrected chi connectivity index (χ3v) is 4.94. The number of aryl methyl sites for hydroxylation is 2. The normalized spacial score (nSPS) is 10.8. The van der Waals surface area contributed by atoms with Gasteiger partial charge in [0.25, 0.3) is 0 Å². The van der Waals surface area contributed by atoms with Crippen molar-refractivity contribution in [2.24, 2.45) is 0 Å². The Morgan fingerprint density at radius 3 is 1.33 bits per heavy atom. The summed E-state index contributed by atoms with van der Waals surface area (Å²) in [6.07, 6.45) is 19.7. The lowest BCUT2D eigenvalue weighted by atomic mass is 9.92. The van der Waals surface area contributed by atoms with Crippen molar-refractivity contribution in [3.05, 3.63) is 47.5 Å². The second kappa shape index (κ2) is 13.0. The van der Waals surface area contributed by atoms with Gasteiger partial charge >= 0.3 is 0 Å². The lowest BCUT2D eigenvalue weighted by Crippen LogP contribution is -1.97. The molecule has 0 aliphatic carbocycles. The summed E-state index contributed by atoms with van der Waals surface area (Å²) in [6.45, 7) is 12.6. The van der Waals surface area contributed by atoms with Gasteiger partial charge in [0.2, 0.25) is 0 Å². The lowest BCUT2D eigenvalue weighted by Gasteiger charge is -2.13. The van der Waals surface area contributed by atoms with Gasteiger partial charge in [-0.15, -0.1) is 0 Å². The zero-order valence-electron chi connectivity index (χ0n) is 16.2. The smallest absolute Gasteiger partial charge is 0.0227 e. The van der Waals surface area contributed by atoms with Gasteiger partial charge in [0.05, 0.1) is 0 Å². The molecular weight excluding hydrogens is 288 g/mol. The molecule has 0 fully saturated rings. The molecule has 0 N–H and O–H groups in total. The van der Waals surface area contributed by atoms with E-state index in [-0.39, 0.29) is 0 Å². The van der Waals surface area contributed by atoms with Gasteiger partial charge in [0.1, 0.15) is 0 Å². The van der Waals surface area contributed by atoms with Crippen molar-refractivity contribution < 1.29 is 0 Å². The van der Waals surface area contributed by atoms with Gasteiger partial charge in [-0.2, -0.15) is 0 Å². The van der Waals surface area contributed by atoms with E-state index in [1.807, 2.05) is 12.2 Å². The third-order valence-electron chi connectivity index (χ3n) is 4.94. The summed E-state index contributed by atoms with van der Waals surface area (Å²) < 4.78 is 0. The molecule has 1 aromatic carbocycles. The van der Waals surface area contributed by atoms with Crippen LogP contribution in [0, 0.1) is 0 Å². The monoisotopic (exact) mass is 326 g/mol. The van der Waals surface area contributed by atoms with Gasteiger partial charge in [-0.05, 0) is 47.9 Å². The molecule has 0 saturated carbocycles. The Balaban J connectivity index is 2.66. The van der Waals surface area contributed by atoms with Gasteiger partial charge in [0.15, 0.2) is 0 Å². The van der Waals surface area contributed by atoms with Crippen LogP contribution in [0.25, 0.3) is 12.2 Å². The molecule has 0 spiro atoms. The summed E-state index contributed by atoms with van der Waals surface area (Å²) in [5.74, 6) is 0. The predicted molar refractivity (Wildman–Crippen MR) is 112 cm³/mol. The fourth-order valence-corrected chi connectivity index (χ4v) is 3.38. The van der Waals surface area contributed by atoms with Gasteiger partial charge in [-0.3, -0.25) is 0 Å². The zero-order valence-corrected chi connectivity index (χ0v) is 16.2. The summed E-state index contributed by atoms with van der Waals surface area (Å²) in [7, 11) is 0. The fraction of sp³-hybridized carbons (Fsp3) is 0.583. The maximum absolute atomic E-state index is 4.04. The second-order valence-electron chi connectivity index (χ2n) is 6.99. The molecule has 0 heteroatoms. The van der Waals surface area contributed by atoms with E-state index >= 15 is 0 Å². The molecule has 0 bridgehead atoms. The standard InChI is InChI=1S/C24H38/c1-5-9-11-13-15-17-23-19-22(8-4)24(20-21(23)7-3)18-16-14-12-10-6-2/h7-8,19-20H,3-6,9-18H2,1-2H3. The minimum Gasteiger partial charge on any atom is -0.0985 e. The van der Waals surface area contributed by atoms with Crippen molar-refractivity contribution in [2.75, 3.05) is 0 Å². The Hall–Kier alpha value is -1.30. The van der Waals surface area contributed by atoms with Gasteiger partial charge in [-0.25, -0.2) is 0 Å². The van der Waals surface area contributed by atoms with Crippen LogP contribution in [0.1, 0.15) is 100 Å². The van der Waals surface area contributed by atoms with E-state index in [0.29, 0.717) is 0 Å². The Morgan fingerprint density at radius 2 is 1.00 bits per heavy atom. The highest BCUT2D eigenvalue weighted by atomic mass is 14.1. The van der Waals surface area contributed by atoms with E-state index in [1.54, 1.807) is 0 Å². The molecule has 0 aliphatic heterocycles. The summed E-state index contributed by atoms with van der Waals surface area (Å²) in [5.41, 5.74) is 5.57. The molecule has 1 rings (SSSR count). The van der Waals surface area contributed by atoms with Crippen LogP contribution in [0.4, 0.5) is 0 Å². The van der Waals surface area contributed by atoms with Crippen LogP contribution in [0.2, 0.25) is 0 Å². The average molecular weight is 327 g/mol. The predicted octanol–water partition coefficient (Wildman–Crippen LogP) is 8.00. The minimum atomic E-state index is 1.17. The molecule has 134 valence electrons. The Morgan fingerprint density at radius 1 is 0.625 bits per heavy atom. The van der Waals surface area contributed by atoms with E-state index in [2.05, 4.69) is 39.1 Å². The topological polar surface area (TPSA) is 0 Å². The summed E-state index contributed by atoms with van der Waals surface area (Å²) in [6, 6.07) is 4.73. The van der Waals surface area contributed by atoms with Crippen molar-refractivity contribution >= 4 is 12.2 Å². The first kappa shape index (κ1) is 20.7. The molecule has 0 aliphatic rings. The average Bonchev–Trinajstić information content (AvgIpc) is 2.61. The van der Waals surface area contributed by atoms with Crippen LogP contribution in [0.5, 0.6) is 0 Å². The SMILES string of the molecule is C=Cc1cc(CCCCCCC)c(C=C)cc1CCCCCCC. The molecule has 1 aromatic rings. The van der Waals surface area contributed by atoms with Crippen LogP contribution in [-0.4, -0.2) is 0 Å². The maximum atomic E-state index is 4.04. The van der Waals surface area contributed by atoms with Crippen molar-refractivity contribution in [1.82, 2.24) is 0 Å². The Bertz CT molecular complexity index is 435. The number of unbranched alkanes of at least 4 members (excludes halogenated alkanes) is 8. The summed E-state index contributed by atoms with van der Waals surface area (Å²) in [5, 5.41) is 0. The highest BCUT2D eigenvalue weighted by molar-refractivity contribution is 5.61. The van der Waals surface area contributed by atoms with Crippen LogP contribution < -0.4 is 0 Å². The Labute approximate surface area is 151 Å². The van der Waals surface area contributed by atoms with Crippen LogP contribution in [0.15, 0.2) is 25.3 Å². The van der Waals surface area contributed by atoms with Gasteiger partial charge in [0, 0.05) is 0 Å². The van der Waals surface area contributed by atoms with Crippen LogP contribution >= 0.6 is 0 Å². The van der Waals surface area contributed by atoms with E-state index in [9.17, 15) is 0 Å². The van der Waals surface area contributed by atoms with Gasteiger partial charge < -0.3 is 0 Å². The van der Waals surface area contributed by atoms with Crippen molar-refractivity contribution in [2.45, 2.75) is 90.9 Å². The molecule has 24 heavy (non-hydrogen) atoms. The second-order valence-corrected chi connectivity index (χ2v) is 6.99. The molecule has 0 radical (unpaired) electrons. The molecular formula is C24H38. The van der Waals surface area contributed by atoms with E-state index in [0.717, 1.165) is 0 Å². The quantitative estimate of drug-likeness (QED) is 0.304. The van der Waals surface area contributed by atoms with E-state index in [1.165, 1.54) is 99.3 Å². The number of rotatable bonds is 14. The number of benzene rings is 1. The molecule has 0 saturated heterocycles. The van der Waals surface area contributed by atoms with Crippen LogP contribution in [-0.2, 0) is 12.8 Å². The molecule has 0 amide bonds. The van der Waals surface area contributed by atoms with E-state index in [4.69, 9.17) is 0 Å². The highest BCUT2D eigenvalue weighted by Gasteiger charge is 2.07.